The van der Waals surface area contributed by atoms with E-state index in [0.29, 0.717) is 23.1 Å². The molecule has 0 unspecified atom stereocenters. The highest BCUT2D eigenvalue weighted by molar-refractivity contribution is 5.91. The van der Waals surface area contributed by atoms with Crippen LogP contribution in [0.5, 0.6) is 5.75 Å². The molecule has 0 heterocycles. The molecule has 4 aromatic rings. The molecule has 4 rings (SSSR count). The molecule has 0 amide bonds. The first-order chi connectivity index (χ1) is 18.4. The second-order valence-corrected chi connectivity index (χ2v) is 9.42. The Morgan fingerprint density at radius 3 is 2.03 bits per heavy atom. The van der Waals surface area contributed by atoms with Gasteiger partial charge in [-0.25, -0.2) is 13.6 Å². The molecule has 0 spiro atoms. The largest absolute Gasteiger partial charge is 0.420 e. The lowest BCUT2D eigenvalue weighted by Gasteiger charge is -2.11. The maximum Gasteiger partial charge on any atom is 0.343 e. The van der Waals surface area contributed by atoms with Gasteiger partial charge in [0, 0.05) is 5.56 Å². The molecule has 196 valence electrons. The number of rotatable bonds is 10. The number of halogens is 3. The van der Waals surface area contributed by atoms with Crippen molar-refractivity contribution in [2.24, 2.45) is 0 Å². The van der Waals surface area contributed by atoms with Gasteiger partial charge in [0.05, 0.1) is 5.56 Å². The molecular weight excluding hydrogens is 485 g/mol. The van der Waals surface area contributed by atoms with Crippen molar-refractivity contribution in [3.8, 4) is 28.0 Å². The minimum absolute atomic E-state index is 0.0957. The summed E-state index contributed by atoms with van der Waals surface area (Å²) in [6.07, 6.45) is 5.70. The maximum absolute atomic E-state index is 14.8. The van der Waals surface area contributed by atoms with Gasteiger partial charge < -0.3 is 4.74 Å². The van der Waals surface area contributed by atoms with Gasteiger partial charge in [0.15, 0.2) is 11.6 Å². The van der Waals surface area contributed by atoms with E-state index in [4.69, 9.17) is 4.74 Å². The van der Waals surface area contributed by atoms with Crippen LogP contribution in [0, 0.1) is 17.5 Å². The van der Waals surface area contributed by atoms with Crippen LogP contribution in [0.25, 0.3) is 22.3 Å². The Hall–Kier alpha value is -3.86. The molecule has 2 nitrogen and oxygen atoms in total. The number of carbonyl (C=O) groups excluding carboxylic acids is 1. The molecule has 0 atom stereocenters. The van der Waals surface area contributed by atoms with Gasteiger partial charge in [-0.1, -0.05) is 81.6 Å². The molecule has 38 heavy (non-hydrogen) atoms. The molecule has 0 fully saturated rings. The Morgan fingerprint density at radius 2 is 1.37 bits per heavy atom. The molecule has 0 aliphatic heterocycles. The van der Waals surface area contributed by atoms with Crippen LogP contribution in [0.1, 0.15) is 61.0 Å². The van der Waals surface area contributed by atoms with Gasteiger partial charge in [-0.3, -0.25) is 0 Å². The highest BCUT2D eigenvalue weighted by Gasteiger charge is 2.19. The summed E-state index contributed by atoms with van der Waals surface area (Å²) in [7, 11) is 0. The topological polar surface area (TPSA) is 26.3 Å². The van der Waals surface area contributed by atoms with E-state index >= 15 is 0 Å². The second-order valence-electron chi connectivity index (χ2n) is 9.42. The van der Waals surface area contributed by atoms with Gasteiger partial charge >= 0.3 is 5.97 Å². The Balaban J connectivity index is 1.45. The van der Waals surface area contributed by atoms with Crippen LogP contribution in [0.15, 0.2) is 78.9 Å². The number of hydrogen-bond acceptors (Lipinski definition) is 2. The van der Waals surface area contributed by atoms with Crippen molar-refractivity contribution in [3.63, 3.8) is 0 Å². The van der Waals surface area contributed by atoms with E-state index in [9.17, 15) is 18.0 Å². The van der Waals surface area contributed by atoms with Gasteiger partial charge in [0.25, 0.3) is 0 Å². The summed E-state index contributed by atoms with van der Waals surface area (Å²) in [5.41, 5.74) is 4.04. The number of ether oxygens (including phenoxy) is 1. The van der Waals surface area contributed by atoms with Gasteiger partial charge in [0.2, 0.25) is 5.82 Å². The number of hydrogen-bond donors (Lipinski definition) is 0. The Kier molecular flexibility index (Phi) is 9.01. The van der Waals surface area contributed by atoms with Crippen molar-refractivity contribution >= 4 is 5.97 Å². The predicted molar refractivity (Wildman–Crippen MR) is 146 cm³/mol. The average molecular weight is 517 g/mol. The monoisotopic (exact) mass is 516 g/mol. The van der Waals surface area contributed by atoms with Crippen molar-refractivity contribution < 1.29 is 22.7 Å². The van der Waals surface area contributed by atoms with E-state index in [2.05, 4.69) is 13.8 Å². The normalized spacial score (nSPS) is 11.0. The summed E-state index contributed by atoms with van der Waals surface area (Å²) in [5.74, 6) is -3.85. The van der Waals surface area contributed by atoms with Crippen LogP contribution in [-0.4, -0.2) is 5.97 Å². The Labute approximate surface area is 222 Å². The lowest BCUT2D eigenvalue weighted by molar-refractivity contribution is 0.0727. The zero-order valence-electron chi connectivity index (χ0n) is 21.7. The van der Waals surface area contributed by atoms with Gasteiger partial charge in [-0.2, -0.15) is 4.39 Å². The van der Waals surface area contributed by atoms with Crippen molar-refractivity contribution in [2.75, 3.05) is 0 Å². The van der Waals surface area contributed by atoms with Crippen LogP contribution in [0.2, 0.25) is 0 Å². The summed E-state index contributed by atoms with van der Waals surface area (Å²) in [4.78, 5) is 12.6. The number of aryl methyl sites for hydroxylation is 2. The second kappa shape index (κ2) is 12.6. The van der Waals surface area contributed by atoms with E-state index in [-0.39, 0.29) is 16.9 Å². The third-order valence-corrected chi connectivity index (χ3v) is 6.61. The highest BCUT2D eigenvalue weighted by Crippen LogP contribution is 2.31. The molecule has 4 aromatic carbocycles. The van der Waals surface area contributed by atoms with E-state index < -0.39 is 23.4 Å². The van der Waals surface area contributed by atoms with E-state index in [1.807, 2.05) is 18.2 Å². The summed E-state index contributed by atoms with van der Waals surface area (Å²) in [6, 6.07) is 21.5. The Morgan fingerprint density at radius 1 is 0.684 bits per heavy atom. The fourth-order valence-corrected chi connectivity index (χ4v) is 4.43. The zero-order chi connectivity index (χ0) is 27.1. The molecular formula is C33H31F3O2. The van der Waals surface area contributed by atoms with Crippen LogP contribution < -0.4 is 4.74 Å². The Bertz CT molecular complexity index is 1390. The van der Waals surface area contributed by atoms with Gasteiger partial charge in [-0.05, 0) is 77.4 Å². The smallest absolute Gasteiger partial charge is 0.343 e. The maximum atomic E-state index is 14.8. The first-order valence-corrected chi connectivity index (χ1v) is 13.1. The molecule has 5 heteroatoms. The van der Waals surface area contributed by atoms with Crippen molar-refractivity contribution in [3.05, 3.63) is 113 Å². The summed E-state index contributed by atoms with van der Waals surface area (Å²) in [5, 5.41) is 0. The molecule has 0 aliphatic carbocycles. The number of esters is 1. The summed E-state index contributed by atoms with van der Waals surface area (Å²) >= 11 is 0. The highest BCUT2D eigenvalue weighted by atomic mass is 19.2. The van der Waals surface area contributed by atoms with Crippen molar-refractivity contribution in [2.45, 2.75) is 52.4 Å². The fraction of sp³-hybridized carbons (Fsp3) is 0.242. The summed E-state index contributed by atoms with van der Waals surface area (Å²) < 4.78 is 49.3. The third kappa shape index (κ3) is 6.34. The molecule has 0 saturated heterocycles. The molecule has 0 aromatic heterocycles. The molecule has 0 N–H and O–H groups in total. The van der Waals surface area contributed by atoms with E-state index in [1.165, 1.54) is 30.3 Å². The number of unbranched alkanes of at least 4 members (excludes halogenated alkanes) is 2. The lowest BCUT2D eigenvalue weighted by Crippen LogP contribution is -2.10. The fourth-order valence-electron chi connectivity index (χ4n) is 4.43. The van der Waals surface area contributed by atoms with E-state index in [1.54, 1.807) is 30.3 Å². The SMILES string of the molecule is CCCCCc1ccc(-c2ccc(C(=O)Oc3ccc(-c4ccc(CCC)cc4)c(F)c3F)cc2)cc1F. The number of benzene rings is 4. The van der Waals surface area contributed by atoms with Crippen LogP contribution in [0.4, 0.5) is 13.2 Å². The average Bonchev–Trinajstić information content (AvgIpc) is 2.93. The molecule has 0 saturated carbocycles. The number of carbonyl (C=O) groups is 1. The lowest BCUT2D eigenvalue weighted by atomic mass is 10.00. The third-order valence-electron chi connectivity index (χ3n) is 6.61. The quantitative estimate of drug-likeness (QED) is 0.119. The first-order valence-electron chi connectivity index (χ1n) is 13.1. The summed E-state index contributed by atoms with van der Waals surface area (Å²) in [6.45, 7) is 4.18. The molecule has 0 radical (unpaired) electrons. The van der Waals surface area contributed by atoms with Crippen molar-refractivity contribution in [1.29, 1.82) is 0 Å². The van der Waals surface area contributed by atoms with Crippen LogP contribution in [-0.2, 0) is 12.8 Å². The first kappa shape index (κ1) is 27.2. The molecule has 0 aliphatic rings. The minimum atomic E-state index is -1.22. The zero-order valence-corrected chi connectivity index (χ0v) is 21.7. The van der Waals surface area contributed by atoms with Crippen LogP contribution >= 0.6 is 0 Å². The van der Waals surface area contributed by atoms with Crippen LogP contribution in [0.3, 0.4) is 0 Å². The predicted octanol–water partition coefficient (Wildman–Crippen LogP) is 9.34. The van der Waals surface area contributed by atoms with Gasteiger partial charge in [0.1, 0.15) is 5.82 Å². The van der Waals surface area contributed by atoms with Gasteiger partial charge in [-0.15, -0.1) is 0 Å². The van der Waals surface area contributed by atoms with Crippen molar-refractivity contribution in [1.82, 2.24) is 0 Å². The molecule has 0 bridgehead atoms. The minimum Gasteiger partial charge on any atom is -0.420 e. The standard InChI is InChI=1S/C33H31F3O2/c1-3-5-6-8-25-15-18-27(21-29(25)34)23-13-16-26(17-14-23)33(37)38-30-20-19-28(31(35)32(30)36)24-11-9-22(7-4-2)10-12-24/h9-21H,3-8H2,1-2H3. The van der Waals surface area contributed by atoms with E-state index in [0.717, 1.165) is 43.2 Å².